The number of hydrogen-bond acceptors (Lipinski definition) is 8. The molecule has 1 N–H and O–H groups in total. The molecule has 0 unspecified atom stereocenters. The molecule has 4 aromatic rings. The predicted molar refractivity (Wildman–Crippen MR) is 187 cm³/mol. The summed E-state index contributed by atoms with van der Waals surface area (Å²) in [4.78, 5) is 4.84. The normalized spacial score (nSPS) is 19.9. The quantitative estimate of drug-likeness (QED) is 0.221. The number of ether oxygens (including phenoxy) is 5. The summed E-state index contributed by atoms with van der Waals surface area (Å²) in [5.41, 5.74) is 10.8. The Morgan fingerprint density at radius 3 is 2.08 bits per heavy atom. The number of hydrogen-bond donors (Lipinski definition) is 1. The maximum atomic E-state index is 10.7. The molecular formula is C40H46N2O6. The summed E-state index contributed by atoms with van der Waals surface area (Å²) >= 11 is 0. The first-order valence-corrected chi connectivity index (χ1v) is 16.7. The van der Waals surface area contributed by atoms with Crippen LogP contribution in [0.4, 0.5) is 0 Å². The monoisotopic (exact) mass is 650 g/mol. The van der Waals surface area contributed by atoms with E-state index in [1.807, 2.05) is 18.2 Å². The van der Waals surface area contributed by atoms with Gasteiger partial charge in [0.1, 0.15) is 11.5 Å². The molecule has 0 aromatic heterocycles. The van der Waals surface area contributed by atoms with Crippen molar-refractivity contribution in [2.24, 2.45) is 0 Å². The molecule has 0 amide bonds. The van der Waals surface area contributed by atoms with Gasteiger partial charge in [0.05, 0.1) is 41.6 Å². The minimum atomic E-state index is 0.0223. The third-order valence-electron chi connectivity index (χ3n) is 10.9. The molecule has 3 atom stereocenters. The van der Waals surface area contributed by atoms with Gasteiger partial charge in [0.2, 0.25) is 0 Å². The van der Waals surface area contributed by atoms with Crippen molar-refractivity contribution in [3.05, 3.63) is 105 Å². The van der Waals surface area contributed by atoms with E-state index in [0.717, 1.165) is 77.8 Å². The van der Waals surface area contributed by atoms with E-state index in [2.05, 4.69) is 54.2 Å². The first kappa shape index (κ1) is 32.2. The molecule has 3 heterocycles. The summed E-state index contributed by atoms with van der Waals surface area (Å²) in [7, 11) is 13.0. The molecule has 8 nitrogen and oxygen atoms in total. The van der Waals surface area contributed by atoms with E-state index in [1.54, 1.807) is 41.6 Å². The number of nitrogens with zero attached hydrogens (tertiary/aromatic N) is 2. The molecule has 0 spiro atoms. The third-order valence-corrected chi connectivity index (χ3v) is 10.9. The summed E-state index contributed by atoms with van der Waals surface area (Å²) in [5.74, 6) is 4.47. The maximum Gasteiger partial charge on any atom is 0.164 e. The number of phenols is 1. The predicted octanol–water partition coefficient (Wildman–Crippen LogP) is 6.47. The number of phenolic OH excluding ortho intramolecular Hbond substituents is 1. The summed E-state index contributed by atoms with van der Waals surface area (Å²) in [5, 5.41) is 10.7. The van der Waals surface area contributed by atoms with Gasteiger partial charge in [-0.25, -0.2) is 0 Å². The molecule has 0 radical (unpaired) electrons. The zero-order chi connectivity index (χ0) is 33.7. The van der Waals surface area contributed by atoms with Gasteiger partial charge in [-0.1, -0.05) is 18.2 Å². The fraction of sp³-hybridized carbons (Fsp3) is 0.400. The van der Waals surface area contributed by atoms with Crippen LogP contribution in [0.1, 0.15) is 68.1 Å². The molecule has 0 saturated heterocycles. The van der Waals surface area contributed by atoms with E-state index in [4.69, 9.17) is 23.7 Å². The van der Waals surface area contributed by atoms with Crippen LogP contribution in [0.2, 0.25) is 0 Å². The molecular weight excluding hydrogens is 604 g/mol. The molecule has 4 aromatic carbocycles. The largest absolute Gasteiger partial charge is 0.508 e. The second-order valence-corrected chi connectivity index (χ2v) is 13.4. The molecule has 4 aliphatic rings. The van der Waals surface area contributed by atoms with Gasteiger partial charge in [0.25, 0.3) is 0 Å². The number of benzene rings is 4. The molecule has 0 saturated carbocycles. The van der Waals surface area contributed by atoms with E-state index in [0.29, 0.717) is 12.2 Å². The topological polar surface area (TPSA) is 72.9 Å². The highest BCUT2D eigenvalue weighted by atomic mass is 16.5. The number of para-hydroxylation sites is 1. The zero-order valence-electron chi connectivity index (χ0n) is 29.1. The van der Waals surface area contributed by atoms with Crippen molar-refractivity contribution in [2.75, 3.05) is 62.7 Å². The van der Waals surface area contributed by atoms with Crippen LogP contribution in [-0.4, -0.2) is 77.6 Å². The Hall–Kier alpha value is -4.40. The highest BCUT2D eigenvalue weighted by Crippen LogP contribution is 2.53. The van der Waals surface area contributed by atoms with Crippen LogP contribution in [0.5, 0.6) is 34.5 Å². The molecule has 0 fully saturated rings. The van der Waals surface area contributed by atoms with Crippen LogP contribution in [0.15, 0.2) is 54.6 Å². The van der Waals surface area contributed by atoms with Gasteiger partial charge in [0, 0.05) is 37.0 Å². The standard InChI is InChI=1S/C40H46N2O6/c1-41-13-12-23-18-35(44-3)25(14-28(23)33(41)17-24-10-8-9-11-34(24)43)15-32-29-16-26-22-42(2)39(31(29)21-38(47-6)40(32)48-7)30-20-37(46-5)36(45-4)19-27(26)30/h8-11,14,18-21,26,33,39,43H,12-13,15-17,22H2,1-7H3/t26-,33+,39+/m1/s1. The number of rotatable bonds is 9. The van der Waals surface area contributed by atoms with Crippen LogP contribution < -0.4 is 23.7 Å². The van der Waals surface area contributed by atoms with Crippen LogP contribution in [-0.2, 0) is 25.7 Å². The molecule has 3 aliphatic heterocycles. The summed E-state index contributed by atoms with van der Waals surface area (Å²) in [6, 6.07) is 18.9. The van der Waals surface area contributed by atoms with Gasteiger partial charge in [-0.15, -0.1) is 0 Å². The fourth-order valence-electron chi connectivity index (χ4n) is 8.50. The van der Waals surface area contributed by atoms with E-state index < -0.39 is 0 Å². The van der Waals surface area contributed by atoms with Crippen LogP contribution >= 0.6 is 0 Å². The van der Waals surface area contributed by atoms with Gasteiger partial charge in [-0.05, 0) is 114 Å². The van der Waals surface area contributed by atoms with E-state index >= 15 is 0 Å². The van der Waals surface area contributed by atoms with Crippen LogP contribution in [0.3, 0.4) is 0 Å². The molecule has 252 valence electrons. The first-order valence-electron chi connectivity index (χ1n) is 16.7. The highest BCUT2D eigenvalue weighted by Gasteiger charge is 2.41. The van der Waals surface area contributed by atoms with Gasteiger partial charge in [-0.2, -0.15) is 0 Å². The van der Waals surface area contributed by atoms with E-state index in [-0.39, 0.29) is 18.0 Å². The molecule has 8 rings (SSSR count). The Morgan fingerprint density at radius 1 is 0.708 bits per heavy atom. The second-order valence-electron chi connectivity index (χ2n) is 13.4. The maximum absolute atomic E-state index is 10.7. The highest BCUT2D eigenvalue weighted by molar-refractivity contribution is 5.63. The lowest BCUT2D eigenvalue weighted by Crippen LogP contribution is -2.33. The number of methoxy groups -OCH3 is 5. The zero-order valence-corrected chi connectivity index (χ0v) is 29.1. The van der Waals surface area contributed by atoms with Gasteiger partial charge in [-0.3, -0.25) is 9.80 Å². The molecule has 1 aliphatic carbocycles. The lowest BCUT2D eigenvalue weighted by Gasteiger charge is -2.37. The van der Waals surface area contributed by atoms with Crippen molar-refractivity contribution in [3.63, 3.8) is 0 Å². The number of likely N-dealkylation sites (N-methyl/N-ethyl adjacent to an activating group) is 2. The number of aromatic hydroxyl groups is 1. The molecule has 48 heavy (non-hydrogen) atoms. The fourth-order valence-corrected chi connectivity index (χ4v) is 8.50. The average Bonchev–Trinajstić information content (AvgIpc) is 3.32. The summed E-state index contributed by atoms with van der Waals surface area (Å²) < 4.78 is 29.8. The van der Waals surface area contributed by atoms with Crippen LogP contribution in [0, 0.1) is 0 Å². The van der Waals surface area contributed by atoms with Crippen molar-refractivity contribution in [3.8, 4) is 34.5 Å². The lowest BCUT2D eigenvalue weighted by molar-refractivity contribution is 0.227. The summed E-state index contributed by atoms with van der Waals surface area (Å²) in [6.07, 6.45) is 3.15. The van der Waals surface area contributed by atoms with Gasteiger partial charge >= 0.3 is 0 Å². The summed E-state index contributed by atoms with van der Waals surface area (Å²) in [6.45, 7) is 1.87. The Bertz CT molecular complexity index is 1850. The Balaban J connectivity index is 1.37. The average molecular weight is 651 g/mol. The molecule has 8 heteroatoms. The second kappa shape index (κ2) is 12.9. The Morgan fingerprint density at radius 2 is 1.40 bits per heavy atom. The first-order chi connectivity index (χ1) is 23.3. The SMILES string of the molecule is COc1cc2c(cc1Cc1c3c(cc(OC)c1OC)[C@@H]1c4cc(OC)c(OC)cc4[C@H](C3)CN1C)[C@H](Cc1ccccc1O)N(C)CC2. The van der Waals surface area contributed by atoms with Crippen LogP contribution in [0.25, 0.3) is 0 Å². The smallest absolute Gasteiger partial charge is 0.164 e. The van der Waals surface area contributed by atoms with E-state index in [1.165, 1.54) is 33.4 Å². The van der Waals surface area contributed by atoms with Crippen molar-refractivity contribution in [2.45, 2.75) is 43.7 Å². The minimum Gasteiger partial charge on any atom is -0.508 e. The van der Waals surface area contributed by atoms with Crippen molar-refractivity contribution < 1.29 is 28.8 Å². The van der Waals surface area contributed by atoms with Crippen molar-refractivity contribution in [1.82, 2.24) is 9.80 Å². The van der Waals surface area contributed by atoms with Crippen molar-refractivity contribution in [1.29, 1.82) is 0 Å². The Kier molecular flexibility index (Phi) is 8.64. The minimum absolute atomic E-state index is 0.0223. The molecule has 2 bridgehead atoms. The Labute approximate surface area is 283 Å². The van der Waals surface area contributed by atoms with Gasteiger partial charge < -0.3 is 28.8 Å². The van der Waals surface area contributed by atoms with E-state index in [9.17, 15) is 5.11 Å². The van der Waals surface area contributed by atoms with Gasteiger partial charge in [0.15, 0.2) is 23.0 Å². The lowest BCUT2D eigenvalue weighted by atomic mass is 9.84. The van der Waals surface area contributed by atoms with Crippen molar-refractivity contribution >= 4 is 0 Å². The third kappa shape index (κ3) is 5.31. The number of fused-ring (bicyclic) bond motifs is 2.